The molecule has 4 saturated carbocycles. The van der Waals surface area contributed by atoms with E-state index in [-0.39, 0.29) is 37.8 Å². The van der Waals surface area contributed by atoms with Crippen LogP contribution in [0.5, 0.6) is 11.5 Å². The molecule has 0 saturated heterocycles. The number of phenols is 2. The molecule has 2 aromatic rings. The standard InChI is InChI=1S/C28H21F9O3/c29-12-1-15(32)23(38)20(35)11(12)7-27-5-10-4-26(8-27,18-13(30)2-16(33)24(39)21(18)36)9-28(27,6-10)19-14(31)3-17(34)25(40)22(19)37/h1-3,10,14,19,38-40H,4-9H2. The number of alkyl halides is 1. The monoisotopic (exact) mass is 576 g/mol. The normalized spacial score (nSPS) is 34.6. The second kappa shape index (κ2) is 8.36. The first kappa shape index (κ1) is 26.9. The first-order valence-electron chi connectivity index (χ1n) is 12.5. The largest absolute Gasteiger partial charge is 0.503 e. The number of aliphatic hydroxyl groups excluding tert-OH is 1. The zero-order valence-electron chi connectivity index (χ0n) is 20.5. The van der Waals surface area contributed by atoms with Gasteiger partial charge in [-0.25, -0.2) is 39.5 Å². The summed E-state index contributed by atoms with van der Waals surface area (Å²) in [5.41, 5.74) is -6.53. The highest BCUT2D eigenvalue weighted by Crippen LogP contribution is 2.81. The number of hydrogen-bond donors (Lipinski definition) is 3. The summed E-state index contributed by atoms with van der Waals surface area (Å²) in [7, 11) is 0. The molecule has 0 aromatic heterocycles. The predicted octanol–water partition coefficient (Wildman–Crippen LogP) is 7.55. The van der Waals surface area contributed by atoms with Gasteiger partial charge in [0.15, 0.2) is 52.2 Å². The number of aromatic hydroxyl groups is 2. The third kappa shape index (κ3) is 3.27. The first-order valence-corrected chi connectivity index (χ1v) is 12.5. The van der Waals surface area contributed by atoms with Crippen molar-refractivity contribution >= 4 is 0 Å². The molecular formula is C28H21F9O3. The summed E-state index contributed by atoms with van der Waals surface area (Å²) in [6.07, 6.45) is -3.52. The molecule has 0 radical (unpaired) electrons. The quantitative estimate of drug-likeness (QED) is 0.330. The van der Waals surface area contributed by atoms with Gasteiger partial charge in [-0.15, -0.1) is 0 Å². The van der Waals surface area contributed by atoms with Crippen molar-refractivity contribution in [2.45, 2.75) is 50.1 Å². The fourth-order valence-electron chi connectivity index (χ4n) is 8.83. The van der Waals surface area contributed by atoms with E-state index in [0.717, 1.165) is 0 Å². The van der Waals surface area contributed by atoms with E-state index in [1.807, 2.05) is 0 Å². The second-order valence-corrected chi connectivity index (χ2v) is 11.7. The zero-order valence-corrected chi connectivity index (χ0v) is 20.5. The van der Waals surface area contributed by atoms with Crippen molar-refractivity contribution in [3.63, 3.8) is 0 Å². The van der Waals surface area contributed by atoms with Crippen LogP contribution in [0.2, 0.25) is 0 Å². The van der Waals surface area contributed by atoms with Crippen molar-refractivity contribution in [1.29, 1.82) is 0 Å². The summed E-state index contributed by atoms with van der Waals surface area (Å²) in [4.78, 5) is 0. The maximum atomic E-state index is 15.6. The lowest BCUT2D eigenvalue weighted by Gasteiger charge is -2.48. The first-order chi connectivity index (χ1) is 18.7. The van der Waals surface area contributed by atoms with E-state index in [2.05, 4.69) is 0 Å². The Morgan fingerprint density at radius 1 is 0.750 bits per heavy atom. The lowest BCUT2D eigenvalue weighted by atomic mass is 9.56. The maximum absolute atomic E-state index is 15.6. The van der Waals surface area contributed by atoms with Gasteiger partial charge in [-0.2, -0.15) is 0 Å². The predicted molar refractivity (Wildman–Crippen MR) is 121 cm³/mol. The van der Waals surface area contributed by atoms with E-state index < -0.39 is 122 Å². The van der Waals surface area contributed by atoms with Gasteiger partial charge < -0.3 is 15.3 Å². The molecule has 12 heteroatoms. The maximum Gasteiger partial charge on any atom is 0.188 e. The molecule has 5 aliphatic rings. The number of aliphatic hydroxyl groups is 1. The molecule has 3 nitrogen and oxygen atoms in total. The Balaban J connectivity index is 1.60. The minimum atomic E-state index is -2.39. The molecule has 6 unspecified atom stereocenters. The van der Waals surface area contributed by atoms with E-state index in [1.54, 1.807) is 0 Å². The van der Waals surface area contributed by atoms with Crippen molar-refractivity contribution in [1.82, 2.24) is 0 Å². The molecule has 0 heterocycles. The Kier molecular flexibility index (Phi) is 5.62. The molecule has 3 N–H and O–H groups in total. The van der Waals surface area contributed by atoms with Crippen molar-refractivity contribution in [2.24, 2.45) is 22.7 Å². The third-order valence-electron chi connectivity index (χ3n) is 9.78. The van der Waals surface area contributed by atoms with Crippen LogP contribution in [0.4, 0.5) is 39.5 Å². The van der Waals surface area contributed by atoms with Gasteiger partial charge in [0.25, 0.3) is 0 Å². The molecule has 2 aromatic carbocycles. The zero-order chi connectivity index (χ0) is 29.1. The van der Waals surface area contributed by atoms with Crippen LogP contribution >= 0.6 is 0 Å². The fourth-order valence-corrected chi connectivity index (χ4v) is 8.83. The van der Waals surface area contributed by atoms with Gasteiger partial charge in [0.1, 0.15) is 17.8 Å². The Hall–Kier alpha value is -3.31. The average molecular weight is 576 g/mol. The van der Waals surface area contributed by atoms with Crippen molar-refractivity contribution in [2.75, 3.05) is 0 Å². The van der Waals surface area contributed by atoms with E-state index >= 15 is 22.0 Å². The van der Waals surface area contributed by atoms with Crippen molar-refractivity contribution in [3.8, 4) is 11.5 Å². The number of phenolic OH excluding ortho intramolecular Hbond substituents is 2. The van der Waals surface area contributed by atoms with Gasteiger partial charge in [0, 0.05) is 28.7 Å². The Morgan fingerprint density at radius 3 is 2.05 bits per heavy atom. The number of halogens is 9. The van der Waals surface area contributed by atoms with Gasteiger partial charge >= 0.3 is 0 Å². The molecule has 0 aliphatic heterocycles. The molecule has 5 aliphatic carbocycles. The summed E-state index contributed by atoms with van der Waals surface area (Å²) >= 11 is 0. The van der Waals surface area contributed by atoms with Crippen LogP contribution < -0.4 is 0 Å². The summed E-state index contributed by atoms with van der Waals surface area (Å²) < 4.78 is 134. The van der Waals surface area contributed by atoms with Crippen LogP contribution in [0.15, 0.2) is 35.6 Å². The highest BCUT2D eigenvalue weighted by atomic mass is 19.2. The molecule has 214 valence electrons. The van der Waals surface area contributed by atoms with E-state index in [0.29, 0.717) is 6.08 Å². The summed E-state index contributed by atoms with van der Waals surface area (Å²) in [6, 6.07) is 0.489. The van der Waals surface area contributed by atoms with Crippen LogP contribution in [0.25, 0.3) is 0 Å². The van der Waals surface area contributed by atoms with Crippen LogP contribution in [0, 0.1) is 57.6 Å². The summed E-state index contributed by atoms with van der Waals surface area (Å²) in [5, 5.41) is 29.8. The Bertz CT molecular complexity index is 1540. The molecule has 6 atom stereocenters. The van der Waals surface area contributed by atoms with Crippen LogP contribution in [-0.4, -0.2) is 21.5 Å². The fraction of sp³-hybridized carbons (Fsp3) is 0.429. The Labute approximate surface area is 221 Å². The Morgan fingerprint density at radius 2 is 1.38 bits per heavy atom. The molecule has 0 spiro atoms. The van der Waals surface area contributed by atoms with E-state index in [9.17, 15) is 32.9 Å². The number of allylic oxidation sites excluding steroid dienone is 3. The number of benzene rings is 2. The molecule has 4 bridgehead atoms. The minimum Gasteiger partial charge on any atom is -0.503 e. The van der Waals surface area contributed by atoms with Crippen LogP contribution in [-0.2, 0) is 11.8 Å². The van der Waals surface area contributed by atoms with Gasteiger partial charge in [-0.3, -0.25) is 0 Å². The van der Waals surface area contributed by atoms with E-state index in [4.69, 9.17) is 0 Å². The highest BCUT2D eigenvalue weighted by Gasteiger charge is 2.76. The lowest BCUT2D eigenvalue weighted by Crippen LogP contribution is -2.46. The third-order valence-corrected chi connectivity index (χ3v) is 9.78. The topological polar surface area (TPSA) is 60.7 Å². The number of hydrogen-bond acceptors (Lipinski definition) is 3. The SMILES string of the molecule is OC1=C(F)C(C23CC4CC(c5c(F)cc(F)c(O)c5F)(CC2(Cc2c(F)cc(F)c(O)c2F)C4)C3)C(F)C=C1F. The molecule has 7 rings (SSSR count). The van der Waals surface area contributed by atoms with Crippen molar-refractivity contribution < 1.29 is 54.8 Å². The van der Waals surface area contributed by atoms with E-state index in [1.165, 1.54) is 0 Å². The number of rotatable bonds is 4. The lowest BCUT2D eigenvalue weighted by molar-refractivity contribution is 0.00486. The smallest absolute Gasteiger partial charge is 0.188 e. The van der Waals surface area contributed by atoms with Gasteiger partial charge in [0.2, 0.25) is 0 Å². The van der Waals surface area contributed by atoms with Gasteiger partial charge in [-0.05, 0) is 61.3 Å². The summed E-state index contributed by atoms with van der Waals surface area (Å²) in [5.74, 6) is -19.4. The summed E-state index contributed by atoms with van der Waals surface area (Å²) in [6.45, 7) is 0. The molecule has 0 amide bonds. The van der Waals surface area contributed by atoms with Crippen molar-refractivity contribution in [3.05, 3.63) is 81.7 Å². The minimum absolute atomic E-state index is 0.0141. The van der Waals surface area contributed by atoms with Gasteiger partial charge in [-0.1, -0.05) is 0 Å². The highest BCUT2D eigenvalue weighted by molar-refractivity contribution is 5.46. The van der Waals surface area contributed by atoms with Gasteiger partial charge in [0.05, 0.1) is 5.92 Å². The molecule has 40 heavy (non-hydrogen) atoms. The second-order valence-electron chi connectivity index (χ2n) is 11.7. The molecular weight excluding hydrogens is 555 g/mol. The van der Waals surface area contributed by atoms with Crippen LogP contribution in [0.1, 0.15) is 43.2 Å². The average Bonchev–Trinajstić information content (AvgIpc) is 3.19. The molecule has 4 fully saturated rings. The van der Waals surface area contributed by atoms with Crippen LogP contribution in [0.3, 0.4) is 0 Å².